The summed E-state index contributed by atoms with van der Waals surface area (Å²) in [6, 6.07) is 4.26. The van der Waals surface area contributed by atoms with Gasteiger partial charge in [0, 0.05) is 12.0 Å². The molecular formula is C36H65NO2. The lowest BCUT2D eigenvalue weighted by Crippen LogP contribution is -2.45. The molecule has 0 spiro atoms. The summed E-state index contributed by atoms with van der Waals surface area (Å²) in [5.74, 6) is 0.564. The van der Waals surface area contributed by atoms with Gasteiger partial charge < -0.3 is 10.4 Å². The molecule has 0 saturated heterocycles. The van der Waals surface area contributed by atoms with Crippen LogP contribution in [-0.2, 0) is 22.0 Å². The number of benzene rings is 1. The SMILES string of the molecule is CCCCCCCCCCCCCCCCCC(=O)NC(C)(C)Cc1cc(C(C)(C)C)c(O)c(C(C)(C)C)c1. The number of phenolic OH excluding ortho intramolecular Hbond substituents is 1. The molecule has 1 aromatic carbocycles. The second-order valence-corrected chi connectivity index (χ2v) is 14.8. The average molecular weight is 544 g/mol. The van der Waals surface area contributed by atoms with Gasteiger partial charge in [0.1, 0.15) is 5.75 Å². The number of unbranched alkanes of at least 4 members (excludes halogenated alkanes) is 14. The minimum absolute atomic E-state index is 0.152. The van der Waals surface area contributed by atoms with Crippen molar-refractivity contribution in [3.8, 4) is 5.75 Å². The fourth-order valence-corrected chi connectivity index (χ4v) is 5.59. The molecule has 0 aliphatic heterocycles. The first-order valence-corrected chi connectivity index (χ1v) is 16.4. The fourth-order valence-electron chi connectivity index (χ4n) is 5.59. The Bertz CT molecular complexity index is 790. The second-order valence-electron chi connectivity index (χ2n) is 14.8. The van der Waals surface area contributed by atoms with Gasteiger partial charge in [-0.05, 0) is 54.2 Å². The highest BCUT2D eigenvalue weighted by Crippen LogP contribution is 2.40. The summed E-state index contributed by atoms with van der Waals surface area (Å²) in [5, 5.41) is 14.3. The summed E-state index contributed by atoms with van der Waals surface area (Å²) in [6.07, 6.45) is 21.4. The van der Waals surface area contributed by atoms with E-state index in [4.69, 9.17) is 0 Å². The lowest BCUT2D eigenvalue weighted by Gasteiger charge is -2.31. The Kier molecular flexibility index (Phi) is 15.8. The highest BCUT2D eigenvalue weighted by molar-refractivity contribution is 5.76. The topological polar surface area (TPSA) is 49.3 Å². The van der Waals surface area contributed by atoms with Crippen LogP contribution in [-0.4, -0.2) is 16.6 Å². The molecule has 226 valence electrons. The minimum atomic E-state index is -0.339. The molecule has 0 aliphatic rings. The Morgan fingerprint density at radius 2 is 1.00 bits per heavy atom. The maximum Gasteiger partial charge on any atom is 0.220 e. The third-order valence-electron chi connectivity index (χ3n) is 7.92. The van der Waals surface area contributed by atoms with Gasteiger partial charge in [-0.15, -0.1) is 0 Å². The first kappa shape index (κ1) is 35.5. The van der Waals surface area contributed by atoms with E-state index in [-0.39, 0.29) is 22.3 Å². The van der Waals surface area contributed by atoms with E-state index in [0.29, 0.717) is 12.2 Å². The molecule has 0 aromatic heterocycles. The normalized spacial score (nSPS) is 12.6. The number of carbonyl (C=O) groups excluding carboxylic acids is 1. The molecular weight excluding hydrogens is 478 g/mol. The van der Waals surface area contributed by atoms with E-state index in [0.717, 1.165) is 30.4 Å². The number of phenols is 1. The van der Waals surface area contributed by atoms with E-state index in [1.807, 2.05) is 0 Å². The number of carbonyl (C=O) groups is 1. The molecule has 0 radical (unpaired) electrons. The van der Waals surface area contributed by atoms with E-state index < -0.39 is 0 Å². The molecule has 3 nitrogen and oxygen atoms in total. The van der Waals surface area contributed by atoms with E-state index in [9.17, 15) is 9.90 Å². The van der Waals surface area contributed by atoms with Gasteiger partial charge in [-0.25, -0.2) is 0 Å². The van der Waals surface area contributed by atoms with Crippen molar-refractivity contribution in [3.63, 3.8) is 0 Å². The average Bonchev–Trinajstić information content (AvgIpc) is 2.80. The number of amides is 1. The maximum absolute atomic E-state index is 12.7. The predicted molar refractivity (Wildman–Crippen MR) is 171 cm³/mol. The van der Waals surface area contributed by atoms with Crippen molar-refractivity contribution in [1.29, 1.82) is 0 Å². The van der Waals surface area contributed by atoms with Crippen LogP contribution < -0.4 is 5.32 Å². The van der Waals surface area contributed by atoms with Crippen LogP contribution in [0.25, 0.3) is 0 Å². The highest BCUT2D eigenvalue weighted by atomic mass is 16.3. The predicted octanol–water partition coefficient (Wildman–Crippen LogP) is 10.7. The zero-order valence-electron chi connectivity index (χ0n) is 27.5. The van der Waals surface area contributed by atoms with Gasteiger partial charge in [0.15, 0.2) is 0 Å². The Morgan fingerprint density at radius 3 is 1.36 bits per heavy atom. The summed E-state index contributed by atoms with van der Waals surface area (Å²) >= 11 is 0. The summed E-state index contributed by atoms with van der Waals surface area (Å²) in [4.78, 5) is 12.7. The molecule has 3 heteroatoms. The van der Waals surface area contributed by atoms with E-state index in [1.54, 1.807) is 0 Å². The Morgan fingerprint density at radius 1 is 0.641 bits per heavy atom. The van der Waals surface area contributed by atoms with Crippen molar-refractivity contribution in [1.82, 2.24) is 5.32 Å². The van der Waals surface area contributed by atoms with Gasteiger partial charge in [0.25, 0.3) is 0 Å². The molecule has 0 bridgehead atoms. The highest BCUT2D eigenvalue weighted by Gasteiger charge is 2.28. The summed E-state index contributed by atoms with van der Waals surface area (Å²) < 4.78 is 0. The second kappa shape index (κ2) is 17.3. The van der Waals surface area contributed by atoms with E-state index in [1.165, 1.54) is 89.0 Å². The van der Waals surface area contributed by atoms with Crippen LogP contribution in [0.4, 0.5) is 0 Å². The minimum Gasteiger partial charge on any atom is -0.507 e. The van der Waals surface area contributed by atoms with Crippen LogP contribution in [0, 0.1) is 0 Å². The largest absolute Gasteiger partial charge is 0.507 e. The molecule has 1 rings (SSSR count). The van der Waals surface area contributed by atoms with Gasteiger partial charge >= 0.3 is 0 Å². The number of hydrogen-bond acceptors (Lipinski definition) is 2. The third-order valence-corrected chi connectivity index (χ3v) is 7.92. The Hall–Kier alpha value is -1.51. The molecule has 1 amide bonds. The monoisotopic (exact) mass is 544 g/mol. The lowest BCUT2D eigenvalue weighted by molar-refractivity contribution is -0.122. The number of nitrogens with one attached hydrogen (secondary N) is 1. The molecule has 0 aliphatic carbocycles. The molecule has 0 heterocycles. The van der Waals surface area contributed by atoms with E-state index >= 15 is 0 Å². The van der Waals surface area contributed by atoms with Crippen molar-refractivity contribution >= 4 is 5.91 Å². The summed E-state index contributed by atoms with van der Waals surface area (Å²) in [5.41, 5.74) is 2.48. The van der Waals surface area contributed by atoms with Crippen molar-refractivity contribution in [3.05, 3.63) is 28.8 Å². The maximum atomic E-state index is 12.7. The molecule has 1 aromatic rings. The van der Waals surface area contributed by atoms with Gasteiger partial charge in [-0.1, -0.05) is 150 Å². The molecule has 39 heavy (non-hydrogen) atoms. The van der Waals surface area contributed by atoms with Crippen LogP contribution in [0.2, 0.25) is 0 Å². The van der Waals surface area contributed by atoms with Crippen molar-refractivity contribution in [2.75, 3.05) is 0 Å². The van der Waals surface area contributed by atoms with Gasteiger partial charge in [0.2, 0.25) is 5.91 Å². The van der Waals surface area contributed by atoms with Crippen LogP contribution in [0.1, 0.15) is 182 Å². The fraction of sp³-hybridized carbons (Fsp3) is 0.806. The number of aromatic hydroxyl groups is 1. The number of rotatable bonds is 19. The van der Waals surface area contributed by atoms with Gasteiger partial charge in [-0.3, -0.25) is 4.79 Å². The number of hydrogen-bond donors (Lipinski definition) is 2. The molecule has 0 unspecified atom stereocenters. The first-order valence-electron chi connectivity index (χ1n) is 16.4. The molecule has 0 fully saturated rings. The zero-order chi connectivity index (χ0) is 29.5. The third kappa shape index (κ3) is 15.2. The van der Waals surface area contributed by atoms with E-state index in [2.05, 4.69) is 79.8 Å². The molecule has 0 atom stereocenters. The Balaban J connectivity index is 2.34. The lowest BCUT2D eigenvalue weighted by atomic mass is 9.77. The zero-order valence-corrected chi connectivity index (χ0v) is 27.5. The van der Waals surface area contributed by atoms with Crippen molar-refractivity contribution < 1.29 is 9.90 Å². The van der Waals surface area contributed by atoms with Gasteiger partial charge in [-0.2, -0.15) is 0 Å². The van der Waals surface area contributed by atoms with Crippen LogP contribution in [0.5, 0.6) is 5.75 Å². The van der Waals surface area contributed by atoms with Gasteiger partial charge in [0.05, 0.1) is 0 Å². The standard InChI is InChI=1S/C36H65NO2/c1-10-11-12-13-14-15-16-17-18-19-20-21-22-23-24-25-32(38)37-36(8,9)28-29-26-30(34(2,3)4)33(39)31(27-29)35(5,6)7/h26-27,39H,10-25,28H2,1-9H3,(H,37,38). The quantitative estimate of drug-likeness (QED) is 0.170. The first-order chi connectivity index (χ1) is 18.2. The van der Waals surface area contributed by atoms with Crippen molar-refractivity contribution in [2.45, 2.75) is 188 Å². The van der Waals surface area contributed by atoms with Crippen LogP contribution in [0.15, 0.2) is 12.1 Å². The van der Waals surface area contributed by atoms with Crippen LogP contribution in [0.3, 0.4) is 0 Å². The Labute approximate surface area is 243 Å². The summed E-state index contributed by atoms with van der Waals surface area (Å²) in [6.45, 7) is 19.3. The molecule has 2 N–H and O–H groups in total. The van der Waals surface area contributed by atoms with Crippen LogP contribution >= 0.6 is 0 Å². The van der Waals surface area contributed by atoms with Crippen molar-refractivity contribution in [2.24, 2.45) is 0 Å². The smallest absolute Gasteiger partial charge is 0.220 e. The summed E-state index contributed by atoms with van der Waals surface area (Å²) in [7, 11) is 0. The molecule has 0 saturated carbocycles.